The minimum Gasteiger partial charge on any atom is -0.496 e. The van der Waals surface area contributed by atoms with Crippen molar-refractivity contribution in [1.82, 2.24) is 19.7 Å². The summed E-state index contributed by atoms with van der Waals surface area (Å²) in [6.45, 7) is 4.21. The molecule has 148 valence electrons. The number of thioether (sulfide) groups is 1. The molecule has 0 saturated carbocycles. The molecule has 4 rings (SSSR count). The van der Waals surface area contributed by atoms with Crippen LogP contribution in [0.5, 0.6) is 5.75 Å². The first-order chi connectivity index (χ1) is 14.2. The fourth-order valence-electron chi connectivity index (χ4n) is 3.01. The normalized spacial score (nSPS) is 11.0. The first kappa shape index (κ1) is 19.7. The van der Waals surface area contributed by atoms with Crippen LogP contribution in [-0.4, -0.2) is 26.9 Å². The molecule has 29 heavy (non-hydrogen) atoms. The minimum atomic E-state index is 0.756. The summed E-state index contributed by atoms with van der Waals surface area (Å²) in [6, 6.07) is 16.3. The standard InChI is InChI=1S/C22H22N4OS2/c1-4-20-23-16(13-28-20)14-29-22-25-24-21(18-7-5-6-8-19(18)27-3)26(22)17-11-9-15(2)10-12-17/h5-13H,4,14H2,1-3H3. The smallest absolute Gasteiger partial charge is 0.196 e. The fourth-order valence-corrected chi connectivity index (χ4v) is 4.70. The third kappa shape index (κ3) is 4.21. The van der Waals surface area contributed by atoms with Gasteiger partial charge in [-0.2, -0.15) is 0 Å². The van der Waals surface area contributed by atoms with Gasteiger partial charge in [0, 0.05) is 16.8 Å². The van der Waals surface area contributed by atoms with Gasteiger partial charge in [-0.15, -0.1) is 21.5 Å². The lowest BCUT2D eigenvalue weighted by atomic mass is 10.1. The highest BCUT2D eigenvalue weighted by Gasteiger charge is 2.19. The fraction of sp³-hybridized carbons (Fsp3) is 0.227. The Morgan fingerprint density at radius 2 is 1.86 bits per heavy atom. The zero-order valence-corrected chi connectivity index (χ0v) is 18.3. The number of aryl methyl sites for hydroxylation is 2. The number of thiazole rings is 1. The van der Waals surface area contributed by atoms with Gasteiger partial charge < -0.3 is 4.74 Å². The molecule has 2 aromatic carbocycles. The molecule has 0 fully saturated rings. The maximum Gasteiger partial charge on any atom is 0.196 e. The zero-order valence-electron chi connectivity index (χ0n) is 16.6. The molecule has 0 aliphatic rings. The number of methoxy groups -OCH3 is 1. The van der Waals surface area contributed by atoms with E-state index in [1.807, 2.05) is 24.3 Å². The van der Waals surface area contributed by atoms with Crippen LogP contribution in [0.4, 0.5) is 0 Å². The third-order valence-electron chi connectivity index (χ3n) is 4.52. The average molecular weight is 423 g/mol. The molecule has 0 aliphatic heterocycles. The average Bonchev–Trinajstić information content (AvgIpc) is 3.39. The molecule has 0 atom stereocenters. The van der Waals surface area contributed by atoms with Crippen LogP contribution in [0.25, 0.3) is 17.1 Å². The topological polar surface area (TPSA) is 52.8 Å². The van der Waals surface area contributed by atoms with Crippen molar-refractivity contribution in [3.05, 3.63) is 70.2 Å². The van der Waals surface area contributed by atoms with Gasteiger partial charge >= 0.3 is 0 Å². The van der Waals surface area contributed by atoms with E-state index in [0.29, 0.717) is 0 Å². The van der Waals surface area contributed by atoms with Crippen LogP contribution in [0.3, 0.4) is 0 Å². The van der Waals surface area contributed by atoms with Crippen molar-refractivity contribution < 1.29 is 4.74 Å². The van der Waals surface area contributed by atoms with Crippen LogP contribution in [-0.2, 0) is 12.2 Å². The van der Waals surface area contributed by atoms with Gasteiger partial charge in [0.1, 0.15) is 5.75 Å². The Bertz CT molecular complexity index is 1100. The van der Waals surface area contributed by atoms with E-state index in [9.17, 15) is 0 Å². The van der Waals surface area contributed by atoms with E-state index in [0.717, 1.165) is 50.9 Å². The molecule has 5 nitrogen and oxygen atoms in total. The highest BCUT2D eigenvalue weighted by atomic mass is 32.2. The summed E-state index contributed by atoms with van der Waals surface area (Å²) in [7, 11) is 1.68. The number of aromatic nitrogens is 4. The number of benzene rings is 2. The van der Waals surface area contributed by atoms with Gasteiger partial charge in [-0.25, -0.2) is 4.98 Å². The minimum absolute atomic E-state index is 0.756. The van der Waals surface area contributed by atoms with Gasteiger partial charge in [0.2, 0.25) is 0 Å². The van der Waals surface area contributed by atoms with Gasteiger partial charge in [0.15, 0.2) is 11.0 Å². The molecule has 0 unspecified atom stereocenters. The van der Waals surface area contributed by atoms with Crippen LogP contribution in [0.1, 0.15) is 23.2 Å². The highest BCUT2D eigenvalue weighted by molar-refractivity contribution is 7.98. The summed E-state index contributed by atoms with van der Waals surface area (Å²) >= 11 is 3.35. The van der Waals surface area contributed by atoms with Gasteiger partial charge in [-0.3, -0.25) is 4.57 Å². The quantitative estimate of drug-likeness (QED) is 0.365. The zero-order chi connectivity index (χ0) is 20.2. The molecular weight excluding hydrogens is 400 g/mol. The van der Waals surface area contributed by atoms with Gasteiger partial charge in [-0.1, -0.05) is 48.5 Å². The molecule has 2 aromatic heterocycles. The van der Waals surface area contributed by atoms with E-state index in [1.54, 1.807) is 30.2 Å². The molecule has 0 N–H and O–H groups in total. The molecule has 0 spiro atoms. The van der Waals surface area contributed by atoms with E-state index < -0.39 is 0 Å². The number of nitrogens with zero attached hydrogens (tertiary/aromatic N) is 4. The Kier molecular flexibility index (Phi) is 5.97. The molecule has 2 heterocycles. The maximum absolute atomic E-state index is 5.57. The molecule has 0 saturated heterocycles. The van der Waals surface area contributed by atoms with Crippen LogP contribution in [0.15, 0.2) is 59.1 Å². The summed E-state index contributed by atoms with van der Waals surface area (Å²) in [5.74, 6) is 2.30. The first-order valence-corrected chi connectivity index (χ1v) is 11.3. The van der Waals surface area contributed by atoms with Gasteiger partial charge in [0.25, 0.3) is 0 Å². The number of rotatable bonds is 7. The van der Waals surface area contributed by atoms with Crippen molar-refractivity contribution >= 4 is 23.1 Å². The third-order valence-corrected chi connectivity index (χ3v) is 6.53. The molecule has 7 heteroatoms. The van der Waals surface area contributed by atoms with E-state index in [-0.39, 0.29) is 0 Å². The van der Waals surface area contributed by atoms with E-state index in [1.165, 1.54) is 5.56 Å². The van der Waals surface area contributed by atoms with Crippen molar-refractivity contribution in [3.63, 3.8) is 0 Å². The van der Waals surface area contributed by atoms with Crippen molar-refractivity contribution in [2.24, 2.45) is 0 Å². The predicted molar refractivity (Wildman–Crippen MR) is 119 cm³/mol. The lowest BCUT2D eigenvalue weighted by molar-refractivity contribution is 0.416. The number of hydrogen-bond acceptors (Lipinski definition) is 6. The van der Waals surface area contributed by atoms with E-state index in [4.69, 9.17) is 4.74 Å². The Hall–Kier alpha value is -2.64. The summed E-state index contributed by atoms with van der Waals surface area (Å²) in [5, 5.41) is 13.1. The number of para-hydroxylation sites is 1. The first-order valence-electron chi connectivity index (χ1n) is 9.41. The van der Waals surface area contributed by atoms with Gasteiger partial charge in [-0.05, 0) is 37.6 Å². The van der Waals surface area contributed by atoms with Crippen LogP contribution >= 0.6 is 23.1 Å². The largest absolute Gasteiger partial charge is 0.496 e. The van der Waals surface area contributed by atoms with Crippen molar-refractivity contribution in [3.8, 4) is 22.8 Å². The maximum atomic E-state index is 5.57. The summed E-state index contributed by atoms with van der Waals surface area (Å²) in [6.07, 6.45) is 0.965. The lowest BCUT2D eigenvalue weighted by Crippen LogP contribution is -2.01. The molecule has 4 aromatic rings. The summed E-state index contributed by atoms with van der Waals surface area (Å²) < 4.78 is 7.66. The highest BCUT2D eigenvalue weighted by Crippen LogP contribution is 2.34. The Morgan fingerprint density at radius 1 is 1.07 bits per heavy atom. The number of hydrogen-bond donors (Lipinski definition) is 0. The van der Waals surface area contributed by atoms with Crippen molar-refractivity contribution in [1.29, 1.82) is 0 Å². The SMILES string of the molecule is CCc1nc(CSc2nnc(-c3ccccc3OC)n2-c2ccc(C)cc2)cs1. The van der Waals surface area contributed by atoms with E-state index in [2.05, 4.69) is 63.2 Å². The summed E-state index contributed by atoms with van der Waals surface area (Å²) in [5.41, 5.74) is 4.23. The molecular formula is C22H22N4OS2. The lowest BCUT2D eigenvalue weighted by Gasteiger charge is -2.12. The van der Waals surface area contributed by atoms with E-state index >= 15 is 0 Å². The predicted octanol–water partition coefficient (Wildman–Crippen LogP) is 5.56. The second-order valence-corrected chi connectivity index (χ2v) is 8.44. The second kappa shape index (κ2) is 8.80. The van der Waals surface area contributed by atoms with Crippen LogP contribution in [0, 0.1) is 6.92 Å². The molecule has 0 aliphatic carbocycles. The second-order valence-electron chi connectivity index (χ2n) is 6.55. The van der Waals surface area contributed by atoms with Crippen LogP contribution < -0.4 is 4.74 Å². The Labute approximate surface area is 178 Å². The van der Waals surface area contributed by atoms with Crippen molar-refractivity contribution in [2.75, 3.05) is 7.11 Å². The Balaban J connectivity index is 1.75. The monoisotopic (exact) mass is 422 g/mol. The van der Waals surface area contributed by atoms with Gasteiger partial charge in [0.05, 0.1) is 23.4 Å². The molecule has 0 amide bonds. The molecule has 0 radical (unpaired) electrons. The Morgan fingerprint density at radius 3 is 2.59 bits per heavy atom. The summed E-state index contributed by atoms with van der Waals surface area (Å²) in [4.78, 5) is 4.67. The molecule has 0 bridgehead atoms. The number of ether oxygens (including phenoxy) is 1. The van der Waals surface area contributed by atoms with Crippen LogP contribution in [0.2, 0.25) is 0 Å². The van der Waals surface area contributed by atoms with Crippen molar-refractivity contribution in [2.45, 2.75) is 31.2 Å².